The largest absolute Gasteiger partial charge is 0.493 e. The van der Waals surface area contributed by atoms with Crippen molar-refractivity contribution < 1.29 is 28.9 Å². The topological polar surface area (TPSA) is 8.91 Å². The predicted molar refractivity (Wildman–Crippen MR) is 71.2 cm³/mol. The van der Waals surface area contributed by atoms with Crippen LogP contribution in [0.2, 0.25) is 0 Å². The van der Waals surface area contributed by atoms with Crippen LogP contribution in [0.15, 0.2) is 42.5 Å². The summed E-state index contributed by atoms with van der Waals surface area (Å²) < 4.78 is 4.04. The molecule has 19 heavy (non-hydrogen) atoms. The van der Waals surface area contributed by atoms with Gasteiger partial charge in [-0.3, -0.25) is 0 Å². The predicted octanol–water partition coefficient (Wildman–Crippen LogP) is 1.23. The average Bonchev–Trinajstić information content (AvgIpc) is 2.81. The first-order valence-electron chi connectivity index (χ1n) is 5.96. The second-order valence-corrected chi connectivity index (χ2v) is 4.54. The van der Waals surface area contributed by atoms with E-state index in [1.807, 2.05) is 23.8 Å². The molecule has 3 aromatic rings. The minimum atomic E-state index is 0. The SMILES string of the molecule is C[N+]1=C=[n+]2c(c3ccccc3c3ccc[c-]c32)=C1.[Ir]. The molecule has 1 aliphatic heterocycles. The van der Waals surface area contributed by atoms with Crippen LogP contribution >= 0.6 is 0 Å². The second-order valence-electron chi connectivity index (χ2n) is 4.54. The molecule has 0 unspecified atom stereocenters. The van der Waals surface area contributed by atoms with Crippen molar-refractivity contribution in [2.75, 3.05) is 7.05 Å². The molecule has 0 aliphatic carbocycles. The fourth-order valence-electron chi connectivity index (χ4n) is 2.61. The van der Waals surface area contributed by atoms with E-state index < -0.39 is 0 Å². The van der Waals surface area contributed by atoms with Gasteiger partial charge in [-0.25, -0.2) is 0 Å². The Labute approximate surface area is 124 Å². The Kier molecular flexibility index (Phi) is 2.83. The van der Waals surface area contributed by atoms with Gasteiger partial charge in [0.15, 0.2) is 7.05 Å². The maximum atomic E-state index is 3.32. The third-order valence-corrected chi connectivity index (χ3v) is 3.37. The summed E-state index contributed by atoms with van der Waals surface area (Å²) in [5, 5.41) is 4.90. The molecule has 0 saturated heterocycles. The van der Waals surface area contributed by atoms with Gasteiger partial charge in [0.1, 0.15) is 5.52 Å². The average molecular weight is 423 g/mol. The monoisotopic (exact) mass is 424 g/mol. The van der Waals surface area contributed by atoms with E-state index in [9.17, 15) is 0 Å². The number of rotatable bonds is 0. The van der Waals surface area contributed by atoms with Gasteiger partial charge in [-0.2, -0.15) is 18.2 Å². The first-order valence-corrected chi connectivity index (χ1v) is 5.96. The molecule has 1 radical (unpaired) electrons. The van der Waals surface area contributed by atoms with Crippen LogP contribution in [0.3, 0.4) is 0 Å². The summed E-state index contributed by atoms with van der Waals surface area (Å²) in [5.41, 5.74) is 1.08. The van der Waals surface area contributed by atoms with Gasteiger partial charge in [0.2, 0.25) is 0 Å². The Hall–Kier alpha value is -1.79. The van der Waals surface area contributed by atoms with Crippen molar-refractivity contribution in [2.45, 2.75) is 0 Å². The van der Waals surface area contributed by atoms with Gasteiger partial charge in [0.05, 0.1) is 0 Å². The molecule has 0 spiro atoms. The van der Waals surface area contributed by atoms with E-state index >= 15 is 0 Å². The molecular formula is C16H11IrN2+. The van der Waals surface area contributed by atoms with Crippen molar-refractivity contribution in [1.29, 1.82) is 0 Å². The third kappa shape index (κ3) is 1.67. The van der Waals surface area contributed by atoms with Gasteiger partial charge in [-0.1, -0.05) is 37.8 Å². The van der Waals surface area contributed by atoms with Gasteiger partial charge in [-0.15, -0.1) is 6.07 Å². The summed E-state index contributed by atoms with van der Waals surface area (Å²) in [7, 11) is 2.00. The van der Waals surface area contributed by atoms with E-state index in [1.54, 1.807) is 0 Å². The zero-order valence-electron chi connectivity index (χ0n) is 10.3. The van der Waals surface area contributed by atoms with E-state index in [4.69, 9.17) is 0 Å². The van der Waals surface area contributed by atoms with Gasteiger partial charge in [-0.05, 0) is 6.07 Å². The number of pyridine rings is 1. The number of nitrogens with zero attached hydrogens (tertiary/aromatic N) is 2. The van der Waals surface area contributed by atoms with Crippen molar-refractivity contribution in [3.63, 3.8) is 0 Å². The fraction of sp³-hybridized carbons (Fsp3) is 0.0625. The molecule has 4 rings (SSSR count). The Morgan fingerprint density at radius 2 is 1.74 bits per heavy atom. The summed E-state index contributed by atoms with van der Waals surface area (Å²) in [4.78, 5) is 0. The van der Waals surface area contributed by atoms with Crippen LogP contribution < -0.4 is 9.59 Å². The Morgan fingerprint density at radius 1 is 1.00 bits per heavy atom. The first-order chi connectivity index (χ1) is 8.84. The molecule has 0 atom stereocenters. The maximum absolute atomic E-state index is 3.32. The van der Waals surface area contributed by atoms with E-state index in [0.29, 0.717) is 0 Å². The first kappa shape index (κ1) is 12.3. The normalized spacial score (nSPS) is 12.4. The number of benzene rings is 2. The molecule has 0 fully saturated rings. The van der Waals surface area contributed by atoms with E-state index in [1.165, 1.54) is 21.5 Å². The van der Waals surface area contributed by atoms with Crippen LogP contribution in [0.25, 0.3) is 27.9 Å². The standard InChI is InChI=1S/C16H11N2.Ir/c1-17-10-16-14-8-3-2-6-12(14)13-7-4-5-9-15(13)18(16)11-17;/h2-8,10H,1H3;/q+1;. The van der Waals surface area contributed by atoms with Crippen LogP contribution in [0.1, 0.15) is 0 Å². The zero-order chi connectivity index (χ0) is 12.1. The molecule has 93 valence electrons. The van der Waals surface area contributed by atoms with Crippen molar-refractivity contribution in [3.05, 3.63) is 53.9 Å². The number of para-hydroxylation sites is 1. The third-order valence-electron chi connectivity index (χ3n) is 3.37. The molecule has 2 heterocycles. The molecule has 3 heteroatoms. The number of hydrogen-bond donors (Lipinski definition) is 0. The van der Waals surface area contributed by atoms with Crippen molar-refractivity contribution >= 4 is 33.9 Å². The van der Waals surface area contributed by atoms with Crippen LogP contribution in [0.5, 0.6) is 0 Å². The van der Waals surface area contributed by atoms with Crippen LogP contribution in [0, 0.1) is 6.07 Å². The van der Waals surface area contributed by atoms with Crippen LogP contribution in [-0.2, 0) is 20.1 Å². The number of hydrogen-bond acceptors (Lipinski definition) is 0. The number of fused-ring (bicyclic) bond motifs is 6. The van der Waals surface area contributed by atoms with Crippen molar-refractivity contribution in [2.24, 2.45) is 0 Å². The summed E-state index contributed by atoms with van der Waals surface area (Å²) in [6.07, 6.45) is 2.10. The van der Waals surface area contributed by atoms with Crippen molar-refractivity contribution in [1.82, 2.24) is 0 Å². The zero-order valence-corrected chi connectivity index (χ0v) is 12.7. The van der Waals surface area contributed by atoms with Gasteiger partial charge < -0.3 is 0 Å². The molecule has 2 aromatic carbocycles. The van der Waals surface area contributed by atoms with Crippen LogP contribution in [-0.4, -0.2) is 17.6 Å². The summed E-state index contributed by atoms with van der Waals surface area (Å²) >= 11 is 0. The molecule has 2 nitrogen and oxygen atoms in total. The van der Waals surface area contributed by atoms with E-state index in [2.05, 4.69) is 52.8 Å². The Morgan fingerprint density at radius 3 is 2.58 bits per heavy atom. The second kappa shape index (κ2) is 4.39. The smallest absolute Gasteiger partial charge is 0.171 e. The summed E-state index contributed by atoms with van der Waals surface area (Å²) in [5.74, 6) is 0. The molecule has 0 N–H and O–H groups in total. The summed E-state index contributed by atoms with van der Waals surface area (Å²) in [6.45, 7) is 0. The minimum Gasteiger partial charge on any atom is -0.171 e. The quantitative estimate of drug-likeness (QED) is 0.292. The van der Waals surface area contributed by atoms with Crippen LogP contribution in [0.4, 0.5) is 0 Å². The Bertz CT molecular complexity index is 967. The van der Waals surface area contributed by atoms with E-state index in [-0.39, 0.29) is 20.1 Å². The molecular weight excluding hydrogens is 412 g/mol. The molecule has 0 bridgehead atoms. The number of aromatic nitrogens is 1. The Balaban J connectivity index is 0.00000110. The summed E-state index contributed by atoms with van der Waals surface area (Å²) in [6, 6.07) is 21.2. The van der Waals surface area contributed by atoms with Gasteiger partial charge in [0.25, 0.3) is 11.5 Å². The van der Waals surface area contributed by atoms with Gasteiger partial charge >= 0.3 is 6.01 Å². The fourth-order valence-corrected chi connectivity index (χ4v) is 2.61. The van der Waals surface area contributed by atoms with Crippen molar-refractivity contribution in [3.8, 4) is 0 Å². The molecule has 0 amide bonds. The minimum absolute atomic E-state index is 0. The van der Waals surface area contributed by atoms with Gasteiger partial charge in [0, 0.05) is 25.5 Å². The van der Waals surface area contributed by atoms with E-state index in [0.717, 1.165) is 5.52 Å². The molecule has 1 aliphatic rings. The molecule has 0 saturated carbocycles. The molecule has 1 aromatic heterocycles. The maximum Gasteiger partial charge on any atom is 0.493 e.